The van der Waals surface area contributed by atoms with Crippen molar-refractivity contribution in [1.29, 1.82) is 0 Å². The third kappa shape index (κ3) is 14.9. The van der Waals surface area contributed by atoms with Crippen LogP contribution < -0.4 is 15.5 Å². The maximum Gasteiger partial charge on any atom is 0.409 e. The molecule has 34 heavy (non-hydrogen) atoms. The molecule has 9 heteroatoms. The molecule has 0 spiro atoms. The minimum Gasteiger partial charge on any atom is -0.428 e. The van der Waals surface area contributed by atoms with E-state index in [9.17, 15) is 4.79 Å². The summed E-state index contributed by atoms with van der Waals surface area (Å²) >= 11 is 0. The van der Waals surface area contributed by atoms with Gasteiger partial charge in [-0.2, -0.15) is 0 Å². The lowest BCUT2D eigenvalue weighted by atomic mass is 10.4. The standard InChI is InChI=1S/C25H57N4O2P3/c1-19(2)32(20(3)4)27-14-17-29(18-15-28-33(21(5)6)22(7)8)16-13-26-25(30)31-34(23(9)10)24(11)12/h19-24,27-28H,13-18H2,1-12H3,(H,26,30). The Bertz CT molecular complexity index is 484. The van der Waals surface area contributed by atoms with E-state index in [4.69, 9.17) is 4.52 Å². The zero-order chi connectivity index (χ0) is 26.4. The van der Waals surface area contributed by atoms with Crippen LogP contribution in [0.3, 0.4) is 0 Å². The van der Waals surface area contributed by atoms with E-state index in [1.807, 2.05) is 0 Å². The van der Waals surface area contributed by atoms with Crippen LogP contribution in [0.1, 0.15) is 83.1 Å². The maximum absolute atomic E-state index is 12.4. The van der Waals surface area contributed by atoms with Crippen molar-refractivity contribution >= 4 is 30.4 Å². The highest BCUT2D eigenvalue weighted by Crippen LogP contribution is 2.47. The molecule has 0 saturated heterocycles. The fraction of sp³-hybridized carbons (Fsp3) is 0.960. The van der Waals surface area contributed by atoms with E-state index in [1.165, 1.54) is 0 Å². The van der Waals surface area contributed by atoms with E-state index < -0.39 is 8.15 Å². The predicted octanol–water partition coefficient (Wildman–Crippen LogP) is 6.83. The van der Waals surface area contributed by atoms with Crippen molar-refractivity contribution < 1.29 is 9.32 Å². The second-order valence-electron chi connectivity index (χ2n) is 10.7. The van der Waals surface area contributed by atoms with Crippen LogP contribution in [0.4, 0.5) is 4.79 Å². The Labute approximate surface area is 216 Å². The van der Waals surface area contributed by atoms with Crippen molar-refractivity contribution in [3.8, 4) is 0 Å². The van der Waals surface area contributed by atoms with Gasteiger partial charge in [0.25, 0.3) is 0 Å². The molecule has 6 nitrogen and oxygen atoms in total. The first-order valence-corrected chi connectivity index (χ1v) is 17.6. The van der Waals surface area contributed by atoms with Crippen molar-refractivity contribution in [3.63, 3.8) is 0 Å². The zero-order valence-electron chi connectivity index (χ0n) is 24.3. The number of hydrogen-bond acceptors (Lipinski definition) is 5. The first kappa shape index (κ1) is 34.4. The summed E-state index contributed by atoms with van der Waals surface area (Å²) in [5.74, 6) is 0. The predicted molar refractivity (Wildman–Crippen MR) is 159 cm³/mol. The van der Waals surface area contributed by atoms with Crippen LogP contribution in [0.25, 0.3) is 0 Å². The smallest absolute Gasteiger partial charge is 0.409 e. The Kier molecular flexibility index (Phi) is 18.9. The summed E-state index contributed by atoms with van der Waals surface area (Å²) in [6.07, 6.45) is -0.268. The molecule has 0 radical (unpaired) electrons. The molecule has 0 bridgehead atoms. The summed E-state index contributed by atoms with van der Waals surface area (Å²) in [4.78, 5) is 14.9. The molecule has 204 valence electrons. The van der Waals surface area contributed by atoms with Crippen LogP contribution >= 0.6 is 24.3 Å². The monoisotopic (exact) mass is 538 g/mol. The molecule has 0 saturated carbocycles. The molecule has 0 aliphatic rings. The lowest BCUT2D eigenvalue weighted by Crippen LogP contribution is -2.41. The minimum absolute atomic E-state index is 0.172. The minimum atomic E-state index is -0.750. The molecule has 0 rings (SSSR count). The number of rotatable bonds is 18. The summed E-state index contributed by atoms with van der Waals surface area (Å²) in [7, 11) is -1.09. The Balaban J connectivity index is 4.84. The quantitative estimate of drug-likeness (QED) is 0.167. The highest BCUT2D eigenvalue weighted by Gasteiger charge is 2.23. The Morgan fingerprint density at radius 1 is 0.618 bits per heavy atom. The molecule has 1 amide bonds. The van der Waals surface area contributed by atoms with Crippen molar-refractivity contribution in [2.24, 2.45) is 0 Å². The number of hydrogen-bond donors (Lipinski definition) is 3. The SMILES string of the molecule is CC(C)P(NCCN(CCNC(=O)OP(C(C)C)C(C)C)CCNP(C(C)C)C(C)C)C(C)C. The van der Waals surface area contributed by atoms with Gasteiger partial charge < -0.3 is 9.84 Å². The lowest BCUT2D eigenvalue weighted by Gasteiger charge is -2.30. The molecular weight excluding hydrogens is 481 g/mol. The third-order valence-electron chi connectivity index (χ3n) is 5.57. The summed E-state index contributed by atoms with van der Waals surface area (Å²) in [5.41, 5.74) is 3.47. The number of amides is 1. The van der Waals surface area contributed by atoms with Gasteiger partial charge in [-0.15, -0.1) is 0 Å². The molecule has 0 atom stereocenters. The van der Waals surface area contributed by atoms with E-state index in [2.05, 4.69) is 103 Å². The topological polar surface area (TPSA) is 65.6 Å². The van der Waals surface area contributed by atoms with E-state index in [0.717, 1.165) is 32.7 Å². The van der Waals surface area contributed by atoms with Gasteiger partial charge in [0.2, 0.25) is 0 Å². The highest BCUT2D eigenvalue weighted by molar-refractivity contribution is 7.57. The van der Waals surface area contributed by atoms with E-state index in [0.29, 0.717) is 40.5 Å². The Morgan fingerprint density at radius 3 is 1.29 bits per heavy atom. The molecule has 0 heterocycles. The Morgan fingerprint density at radius 2 is 0.971 bits per heavy atom. The van der Waals surface area contributed by atoms with Gasteiger partial charge in [0.15, 0.2) is 0 Å². The van der Waals surface area contributed by atoms with Crippen LogP contribution in [0.5, 0.6) is 0 Å². The van der Waals surface area contributed by atoms with Crippen molar-refractivity contribution in [2.75, 3.05) is 39.3 Å². The van der Waals surface area contributed by atoms with Crippen LogP contribution in [-0.4, -0.2) is 84.2 Å². The average Bonchev–Trinajstić information content (AvgIpc) is 2.70. The molecule has 0 aromatic rings. The first-order valence-electron chi connectivity index (χ1n) is 13.3. The number of carbonyl (C=O) groups is 1. The van der Waals surface area contributed by atoms with Gasteiger partial charge in [0.05, 0.1) is 8.15 Å². The zero-order valence-corrected chi connectivity index (χ0v) is 27.0. The largest absolute Gasteiger partial charge is 0.428 e. The summed E-state index contributed by atoms with van der Waals surface area (Å²) in [6, 6.07) is 0. The van der Waals surface area contributed by atoms with Gasteiger partial charge in [0, 0.05) is 50.6 Å². The van der Waals surface area contributed by atoms with Gasteiger partial charge in [-0.25, -0.2) is 4.79 Å². The van der Waals surface area contributed by atoms with Crippen molar-refractivity contribution in [3.05, 3.63) is 0 Å². The van der Waals surface area contributed by atoms with Gasteiger partial charge in [0.1, 0.15) is 0 Å². The second kappa shape index (κ2) is 18.6. The fourth-order valence-corrected chi connectivity index (χ4v) is 10.6. The van der Waals surface area contributed by atoms with Gasteiger partial charge >= 0.3 is 6.09 Å². The summed E-state index contributed by atoms with van der Waals surface area (Å²) in [6.45, 7) is 32.5. The number of nitrogens with zero attached hydrogens (tertiary/aromatic N) is 1. The maximum atomic E-state index is 12.4. The fourth-order valence-electron chi connectivity index (χ4n) is 4.18. The summed E-state index contributed by atoms with van der Waals surface area (Å²) < 4.78 is 5.76. The summed E-state index contributed by atoms with van der Waals surface area (Å²) in [5, 5.41) is 10.7. The molecule has 3 N–H and O–H groups in total. The molecule has 0 fully saturated rings. The highest BCUT2D eigenvalue weighted by atomic mass is 31.1. The van der Waals surface area contributed by atoms with E-state index in [-0.39, 0.29) is 22.2 Å². The van der Waals surface area contributed by atoms with E-state index >= 15 is 0 Å². The normalized spacial score (nSPS) is 12.9. The van der Waals surface area contributed by atoms with Crippen LogP contribution in [0.15, 0.2) is 0 Å². The van der Waals surface area contributed by atoms with Gasteiger partial charge in [-0.1, -0.05) is 83.1 Å². The van der Waals surface area contributed by atoms with Crippen LogP contribution in [0, 0.1) is 0 Å². The van der Waals surface area contributed by atoms with E-state index in [1.54, 1.807) is 0 Å². The van der Waals surface area contributed by atoms with Crippen molar-refractivity contribution in [2.45, 2.75) is 117 Å². The Hall–Kier alpha value is 0.440. The number of nitrogens with one attached hydrogen (secondary N) is 3. The molecule has 0 aromatic carbocycles. The number of carbonyl (C=O) groups excluding carboxylic acids is 1. The molecule has 0 aliphatic carbocycles. The van der Waals surface area contributed by atoms with Crippen LogP contribution in [-0.2, 0) is 4.52 Å². The second-order valence-corrected chi connectivity index (χ2v) is 20.1. The molecule has 0 aromatic heterocycles. The van der Waals surface area contributed by atoms with Crippen LogP contribution in [0.2, 0.25) is 0 Å². The van der Waals surface area contributed by atoms with Gasteiger partial charge in [-0.05, 0) is 38.8 Å². The molecule has 0 aliphatic heterocycles. The molecule has 0 unspecified atom stereocenters. The molecular formula is C25H57N4O2P3. The average molecular weight is 539 g/mol. The lowest BCUT2D eigenvalue weighted by molar-refractivity contribution is 0.201. The third-order valence-corrected chi connectivity index (χ3v) is 13.6. The first-order chi connectivity index (χ1) is 15.8. The van der Waals surface area contributed by atoms with Gasteiger partial charge in [-0.3, -0.25) is 15.1 Å². The van der Waals surface area contributed by atoms with Crippen molar-refractivity contribution in [1.82, 2.24) is 20.4 Å².